The molecule has 1 atom stereocenters. The third-order valence-electron chi connectivity index (χ3n) is 4.36. The Labute approximate surface area is 146 Å². The number of carbonyl (C=O) groups excluding carboxylic acids is 1. The summed E-state index contributed by atoms with van der Waals surface area (Å²) in [5.41, 5.74) is 2.70. The SMILES string of the molecule is Cc1cc(C)n([C@H](C)CNC(=O)c2cn(C)c3ccccc3c2=O)n1. The number of fused-ring (bicyclic) bond motifs is 1. The lowest BCUT2D eigenvalue weighted by atomic mass is 10.1. The van der Waals surface area contributed by atoms with Crippen molar-refractivity contribution in [2.75, 3.05) is 6.54 Å². The number of nitrogens with zero attached hydrogens (tertiary/aromatic N) is 3. The molecule has 2 aromatic heterocycles. The molecule has 0 spiro atoms. The van der Waals surface area contributed by atoms with E-state index in [1.54, 1.807) is 22.9 Å². The van der Waals surface area contributed by atoms with Crippen LogP contribution in [0.2, 0.25) is 0 Å². The predicted octanol–water partition coefficient (Wildman–Crippen LogP) is 2.34. The van der Waals surface area contributed by atoms with Crippen LogP contribution in [0.5, 0.6) is 0 Å². The lowest BCUT2D eigenvalue weighted by Crippen LogP contribution is -2.33. The fourth-order valence-corrected chi connectivity index (χ4v) is 3.12. The van der Waals surface area contributed by atoms with Crippen molar-refractivity contribution in [2.45, 2.75) is 26.8 Å². The molecule has 0 aliphatic carbocycles. The van der Waals surface area contributed by atoms with Gasteiger partial charge in [-0.05, 0) is 39.0 Å². The normalized spacial score (nSPS) is 12.3. The van der Waals surface area contributed by atoms with E-state index in [2.05, 4.69) is 10.4 Å². The number of pyridine rings is 1. The van der Waals surface area contributed by atoms with Crippen LogP contribution in [-0.4, -0.2) is 26.8 Å². The van der Waals surface area contributed by atoms with Gasteiger partial charge < -0.3 is 9.88 Å². The molecule has 0 fully saturated rings. The van der Waals surface area contributed by atoms with Crippen LogP contribution in [0.25, 0.3) is 10.9 Å². The summed E-state index contributed by atoms with van der Waals surface area (Å²) in [6.45, 7) is 6.31. The van der Waals surface area contributed by atoms with Gasteiger partial charge in [-0.2, -0.15) is 5.10 Å². The van der Waals surface area contributed by atoms with Crippen LogP contribution in [0.1, 0.15) is 34.7 Å². The fourth-order valence-electron chi connectivity index (χ4n) is 3.12. The van der Waals surface area contributed by atoms with Gasteiger partial charge in [-0.1, -0.05) is 12.1 Å². The van der Waals surface area contributed by atoms with Crippen molar-refractivity contribution in [3.8, 4) is 0 Å². The lowest BCUT2D eigenvalue weighted by Gasteiger charge is -2.15. The first-order valence-electron chi connectivity index (χ1n) is 8.28. The van der Waals surface area contributed by atoms with Gasteiger partial charge in [-0.25, -0.2) is 0 Å². The zero-order chi connectivity index (χ0) is 18.1. The maximum absolute atomic E-state index is 12.6. The Balaban J connectivity index is 1.82. The van der Waals surface area contributed by atoms with Crippen molar-refractivity contribution in [2.24, 2.45) is 7.05 Å². The van der Waals surface area contributed by atoms with Crippen molar-refractivity contribution in [1.29, 1.82) is 0 Å². The number of amides is 1. The fraction of sp³-hybridized carbons (Fsp3) is 0.316. The van der Waals surface area contributed by atoms with E-state index in [-0.39, 0.29) is 22.9 Å². The molecule has 0 unspecified atom stereocenters. The summed E-state index contributed by atoms with van der Waals surface area (Å²) in [5, 5.41) is 7.83. The average molecular weight is 338 g/mol. The van der Waals surface area contributed by atoms with Crippen molar-refractivity contribution in [3.05, 3.63) is 63.7 Å². The summed E-state index contributed by atoms with van der Waals surface area (Å²) < 4.78 is 3.68. The summed E-state index contributed by atoms with van der Waals surface area (Å²) in [4.78, 5) is 25.1. The van der Waals surface area contributed by atoms with Gasteiger partial charge in [0, 0.05) is 30.9 Å². The van der Waals surface area contributed by atoms with Gasteiger partial charge in [0.15, 0.2) is 0 Å². The second-order valence-electron chi connectivity index (χ2n) is 6.43. The standard InChI is InChI=1S/C19H22N4O2/c1-12-9-13(2)23(21-12)14(3)10-20-19(25)16-11-22(4)17-8-6-5-7-15(17)18(16)24/h5-9,11,14H,10H2,1-4H3,(H,20,25)/t14-/m1/s1. The van der Waals surface area contributed by atoms with Gasteiger partial charge in [0.05, 0.1) is 17.3 Å². The van der Waals surface area contributed by atoms with Gasteiger partial charge in [-0.15, -0.1) is 0 Å². The monoisotopic (exact) mass is 338 g/mol. The second-order valence-corrected chi connectivity index (χ2v) is 6.43. The molecule has 0 aliphatic rings. The van der Waals surface area contributed by atoms with Crippen molar-refractivity contribution >= 4 is 16.8 Å². The van der Waals surface area contributed by atoms with Crippen LogP contribution in [0, 0.1) is 13.8 Å². The number of aromatic nitrogens is 3. The Kier molecular flexibility index (Phi) is 4.44. The molecule has 0 aliphatic heterocycles. The molecule has 130 valence electrons. The van der Waals surface area contributed by atoms with E-state index in [4.69, 9.17) is 0 Å². The van der Waals surface area contributed by atoms with E-state index in [0.29, 0.717) is 11.9 Å². The van der Waals surface area contributed by atoms with E-state index in [1.807, 2.05) is 50.7 Å². The lowest BCUT2D eigenvalue weighted by molar-refractivity contribution is 0.0946. The minimum atomic E-state index is -0.361. The van der Waals surface area contributed by atoms with Crippen LogP contribution in [-0.2, 0) is 7.05 Å². The summed E-state index contributed by atoms with van der Waals surface area (Å²) in [6.07, 6.45) is 1.59. The molecule has 25 heavy (non-hydrogen) atoms. The first-order chi connectivity index (χ1) is 11.9. The van der Waals surface area contributed by atoms with Crippen molar-refractivity contribution < 1.29 is 4.79 Å². The zero-order valence-corrected chi connectivity index (χ0v) is 14.9. The number of nitrogens with one attached hydrogen (secondary N) is 1. The summed E-state index contributed by atoms with van der Waals surface area (Å²) >= 11 is 0. The molecule has 1 aromatic carbocycles. The molecule has 0 radical (unpaired) electrons. The molecule has 6 nitrogen and oxygen atoms in total. The zero-order valence-electron chi connectivity index (χ0n) is 14.9. The van der Waals surface area contributed by atoms with Crippen LogP contribution >= 0.6 is 0 Å². The molecule has 3 aromatic rings. The highest BCUT2D eigenvalue weighted by Crippen LogP contribution is 2.12. The Morgan fingerprint density at radius 3 is 2.68 bits per heavy atom. The molecule has 0 saturated carbocycles. The molecule has 2 heterocycles. The molecular formula is C19H22N4O2. The molecular weight excluding hydrogens is 316 g/mol. The highest BCUT2D eigenvalue weighted by atomic mass is 16.2. The highest BCUT2D eigenvalue weighted by molar-refractivity contribution is 5.97. The summed E-state index contributed by atoms with van der Waals surface area (Å²) in [5.74, 6) is -0.361. The molecule has 1 amide bonds. The van der Waals surface area contributed by atoms with Crippen molar-refractivity contribution in [3.63, 3.8) is 0 Å². The van der Waals surface area contributed by atoms with Gasteiger partial charge in [0.25, 0.3) is 5.91 Å². The van der Waals surface area contributed by atoms with Crippen LogP contribution < -0.4 is 10.7 Å². The summed E-state index contributed by atoms with van der Waals surface area (Å²) in [7, 11) is 1.83. The highest BCUT2D eigenvalue weighted by Gasteiger charge is 2.16. The molecule has 1 N–H and O–H groups in total. The first-order valence-corrected chi connectivity index (χ1v) is 8.28. The van der Waals surface area contributed by atoms with Crippen LogP contribution in [0.3, 0.4) is 0 Å². The van der Waals surface area contributed by atoms with Gasteiger partial charge >= 0.3 is 0 Å². The van der Waals surface area contributed by atoms with E-state index < -0.39 is 0 Å². The maximum Gasteiger partial charge on any atom is 0.256 e. The number of aryl methyl sites for hydroxylation is 3. The molecule has 6 heteroatoms. The topological polar surface area (TPSA) is 68.9 Å². The Bertz CT molecular complexity index is 1000. The van der Waals surface area contributed by atoms with E-state index in [9.17, 15) is 9.59 Å². The molecule has 0 saturated heterocycles. The number of rotatable bonds is 4. The van der Waals surface area contributed by atoms with E-state index in [1.165, 1.54) is 0 Å². The largest absolute Gasteiger partial charge is 0.350 e. The third kappa shape index (κ3) is 3.20. The quantitative estimate of drug-likeness (QED) is 0.794. The number of benzene rings is 1. The molecule has 0 bridgehead atoms. The van der Waals surface area contributed by atoms with Crippen molar-refractivity contribution in [1.82, 2.24) is 19.7 Å². The predicted molar refractivity (Wildman–Crippen MR) is 97.9 cm³/mol. The maximum atomic E-state index is 12.6. The van der Waals surface area contributed by atoms with Gasteiger partial charge in [-0.3, -0.25) is 14.3 Å². The Hall–Kier alpha value is -2.89. The number of para-hydroxylation sites is 1. The third-order valence-corrected chi connectivity index (χ3v) is 4.36. The number of hydrogen-bond acceptors (Lipinski definition) is 3. The average Bonchev–Trinajstić information content (AvgIpc) is 2.94. The Morgan fingerprint density at radius 2 is 2.00 bits per heavy atom. The van der Waals surface area contributed by atoms with E-state index in [0.717, 1.165) is 16.9 Å². The molecule has 3 rings (SSSR count). The summed E-state index contributed by atoms with van der Waals surface area (Å²) in [6, 6.07) is 9.28. The van der Waals surface area contributed by atoms with E-state index >= 15 is 0 Å². The van der Waals surface area contributed by atoms with Gasteiger partial charge in [0.1, 0.15) is 5.56 Å². The van der Waals surface area contributed by atoms with Gasteiger partial charge in [0.2, 0.25) is 5.43 Å². The Morgan fingerprint density at radius 1 is 1.28 bits per heavy atom. The number of carbonyl (C=O) groups is 1. The van der Waals surface area contributed by atoms with Crippen LogP contribution in [0.4, 0.5) is 0 Å². The number of hydrogen-bond donors (Lipinski definition) is 1. The minimum Gasteiger partial charge on any atom is -0.350 e. The van der Waals surface area contributed by atoms with Crippen LogP contribution in [0.15, 0.2) is 41.3 Å². The second kappa shape index (κ2) is 6.55. The minimum absolute atomic E-state index is 0.00181. The first kappa shape index (κ1) is 17.0. The smallest absolute Gasteiger partial charge is 0.256 e.